The molecule has 4 bridgehead atoms. The smallest absolute Gasteiger partial charge is 0.247 e. The van der Waals surface area contributed by atoms with E-state index < -0.39 is 24.2 Å². The number of rotatable bonds is 7. The number of amides is 2. The highest BCUT2D eigenvalue weighted by molar-refractivity contribution is 5.96. The lowest BCUT2D eigenvalue weighted by Crippen LogP contribution is -2.59. The van der Waals surface area contributed by atoms with Crippen LogP contribution in [0.25, 0.3) is 0 Å². The van der Waals surface area contributed by atoms with Gasteiger partial charge in [-0.2, -0.15) is 0 Å². The Morgan fingerprint density at radius 3 is 2.42 bits per heavy atom. The highest BCUT2D eigenvalue weighted by atomic mass is 16.5. The van der Waals surface area contributed by atoms with Gasteiger partial charge in [0.1, 0.15) is 18.0 Å². The minimum absolute atomic E-state index is 0.00937. The summed E-state index contributed by atoms with van der Waals surface area (Å²) >= 11 is 0. The van der Waals surface area contributed by atoms with E-state index in [-0.39, 0.29) is 30.4 Å². The van der Waals surface area contributed by atoms with Gasteiger partial charge in [-0.1, -0.05) is 25.1 Å². The first kappa shape index (κ1) is 24.0. The molecule has 7 heteroatoms. The number of para-hydroxylation sites is 1. The third kappa shape index (κ3) is 3.95. The monoisotopic (exact) mass is 494 g/mol. The summed E-state index contributed by atoms with van der Waals surface area (Å²) in [5.41, 5.74) is 1.50. The molecule has 6 aliphatic rings. The fraction of sp³-hybridized carbons (Fsp3) is 0.655. The van der Waals surface area contributed by atoms with Gasteiger partial charge in [-0.3, -0.25) is 9.59 Å². The fourth-order valence-corrected chi connectivity index (χ4v) is 8.60. The van der Waals surface area contributed by atoms with E-state index >= 15 is 0 Å². The molecule has 0 spiro atoms. The highest BCUT2D eigenvalue weighted by Crippen LogP contribution is 2.60. The number of nitrogens with one attached hydrogen (secondary N) is 1. The summed E-state index contributed by atoms with van der Waals surface area (Å²) in [5, 5.41) is 23.8. The molecule has 4 saturated carbocycles. The topological polar surface area (TPSA) is 99.1 Å². The molecule has 2 amide bonds. The summed E-state index contributed by atoms with van der Waals surface area (Å²) in [6, 6.07) is 6.96. The normalized spacial score (nSPS) is 37.5. The number of hydrogen-bond acceptors (Lipinski definition) is 5. The molecule has 7 nitrogen and oxygen atoms in total. The van der Waals surface area contributed by atoms with Crippen LogP contribution < -0.4 is 10.1 Å². The molecule has 36 heavy (non-hydrogen) atoms. The number of hydrogen-bond donors (Lipinski definition) is 3. The average Bonchev–Trinajstić information content (AvgIpc) is 3.25. The van der Waals surface area contributed by atoms with Crippen molar-refractivity contribution in [2.75, 3.05) is 19.7 Å². The predicted molar refractivity (Wildman–Crippen MR) is 134 cm³/mol. The van der Waals surface area contributed by atoms with E-state index in [0.29, 0.717) is 24.3 Å². The molecule has 0 saturated heterocycles. The second kappa shape index (κ2) is 9.18. The molecule has 4 unspecified atom stereocenters. The zero-order valence-corrected chi connectivity index (χ0v) is 21.1. The maximum Gasteiger partial charge on any atom is 0.247 e. The van der Waals surface area contributed by atoms with E-state index in [1.165, 1.54) is 19.3 Å². The largest absolute Gasteiger partial charge is 0.486 e. The lowest BCUT2D eigenvalue weighted by atomic mass is 9.49. The third-order valence-corrected chi connectivity index (χ3v) is 9.53. The highest BCUT2D eigenvalue weighted by Gasteiger charge is 2.54. The maximum atomic E-state index is 13.5. The molecule has 194 valence electrons. The second-order valence-corrected chi connectivity index (χ2v) is 12.0. The van der Waals surface area contributed by atoms with Crippen LogP contribution in [0.3, 0.4) is 0 Å². The molecule has 3 N–H and O–H groups in total. The molecule has 7 rings (SSSR count). The van der Waals surface area contributed by atoms with Crippen molar-refractivity contribution in [2.45, 2.75) is 76.0 Å². The van der Waals surface area contributed by atoms with Crippen molar-refractivity contribution in [3.05, 3.63) is 41.5 Å². The third-order valence-electron chi connectivity index (χ3n) is 9.53. The van der Waals surface area contributed by atoms with Crippen molar-refractivity contribution in [2.24, 2.45) is 23.2 Å². The Hall–Kier alpha value is -2.38. The Morgan fingerprint density at radius 1 is 1.11 bits per heavy atom. The van der Waals surface area contributed by atoms with Crippen LogP contribution in [0.1, 0.15) is 63.4 Å². The lowest BCUT2D eigenvalue weighted by molar-refractivity contribution is -0.144. The van der Waals surface area contributed by atoms with E-state index in [9.17, 15) is 19.8 Å². The maximum absolute atomic E-state index is 13.5. The van der Waals surface area contributed by atoms with Crippen molar-refractivity contribution in [3.63, 3.8) is 0 Å². The molecular weight excluding hydrogens is 456 g/mol. The average molecular weight is 495 g/mol. The van der Waals surface area contributed by atoms with Gasteiger partial charge in [-0.15, -0.1) is 0 Å². The quantitative estimate of drug-likeness (QED) is 0.541. The Balaban J connectivity index is 1.36. The fourth-order valence-electron chi connectivity index (χ4n) is 8.60. The van der Waals surface area contributed by atoms with Crippen molar-refractivity contribution in [1.82, 2.24) is 10.2 Å². The zero-order valence-electron chi connectivity index (χ0n) is 21.1. The summed E-state index contributed by atoms with van der Waals surface area (Å²) in [7, 11) is 0. The van der Waals surface area contributed by atoms with Crippen molar-refractivity contribution in [1.29, 1.82) is 0 Å². The summed E-state index contributed by atoms with van der Waals surface area (Å²) in [6.07, 6.45) is 8.07. The van der Waals surface area contributed by atoms with Crippen molar-refractivity contribution >= 4 is 11.8 Å². The molecule has 1 aliphatic heterocycles. The van der Waals surface area contributed by atoms with Gasteiger partial charge < -0.3 is 25.2 Å². The van der Waals surface area contributed by atoms with Gasteiger partial charge in [0.15, 0.2) is 0 Å². The van der Waals surface area contributed by atoms with Gasteiger partial charge in [0.05, 0.1) is 18.6 Å². The van der Waals surface area contributed by atoms with Crippen LogP contribution in [-0.4, -0.2) is 64.9 Å². The van der Waals surface area contributed by atoms with E-state index in [4.69, 9.17) is 4.74 Å². The van der Waals surface area contributed by atoms with Gasteiger partial charge >= 0.3 is 0 Å². The number of aliphatic hydroxyl groups is 2. The van der Waals surface area contributed by atoms with E-state index in [1.54, 1.807) is 0 Å². The van der Waals surface area contributed by atoms with E-state index in [0.717, 1.165) is 42.6 Å². The van der Waals surface area contributed by atoms with Crippen molar-refractivity contribution < 1.29 is 24.5 Å². The molecular formula is C29H38N2O5. The van der Waals surface area contributed by atoms with Crippen LogP contribution in [-0.2, 0) is 9.59 Å². The number of carbonyl (C=O) groups excluding carboxylic acids is 2. The van der Waals surface area contributed by atoms with Crippen LogP contribution in [0, 0.1) is 23.2 Å². The number of aliphatic hydroxyl groups excluding tert-OH is 2. The summed E-state index contributed by atoms with van der Waals surface area (Å²) in [6.45, 7) is 2.50. The molecule has 1 heterocycles. The Kier molecular flexibility index (Phi) is 6.11. The molecule has 1 aromatic rings. The second-order valence-electron chi connectivity index (χ2n) is 12.0. The van der Waals surface area contributed by atoms with Crippen molar-refractivity contribution in [3.8, 4) is 5.75 Å². The Bertz CT molecular complexity index is 1030. The van der Waals surface area contributed by atoms with Crippen LogP contribution in [0.5, 0.6) is 5.75 Å². The SMILES string of the molecule is CCC(=O)N(CC12CC3CC(CC(C3)C1)C2)C1C=C(C(=O)NCCO)C2c3ccccc3OC2C1O. The molecule has 0 aromatic heterocycles. The number of ether oxygens (including phenoxy) is 1. The zero-order chi connectivity index (χ0) is 25.0. The van der Waals surface area contributed by atoms with Gasteiger partial charge in [-0.05, 0) is 73.8 Å². The minimum atomic E-state index is -0.943. The van der Waals surface area contributed by atoms with E-state index in [2.05, 4.69) is 5.32 Å². The number of benzene rings is 1. The van der Waals surface area contributed by atoms with Crippen LogP contribution in [0.15, 0.2) is 35.9 Å². The Morgan fingerprint density at radius 2 is 1.78 bits per heavy atom. The number of carbonyl (C=O) groups is 2. The van der Waals surface area contributed by atoms with Crippen LogP contribution in [0.2, 0.25) is 0 Å². The van der Waals surface area contributed by atoms with Crippen LogP contribution >= 0.6 is 0 Å². The molecule has 4 atom stereocenters. The number of nitrogens with zero attached hydrogens (tertiary/aromatic N) is 1. The molecule has 5 aliphatic carbocycles. The Labute approximate surface area is 212 Å². The van der Waals surface area contributed by atoms with Crippen LogP contribution in [0.4, 0.5) is 0 Å². The van der Waals surface area contributed by atoms with Gasteiger partial charge in [0.25, 0.3) is 0 Å². The van der Waals surface area contributed by atoms with Gasteiger partial charge in [0.2, 0.25) is 11.8 Å². The molecule has 4 fully saturated rings. The summed E-state index contributed by atoms with van der Waals surface area (Å²) in [4.78, 5) is 28.6. The predicted octanol–water partition coefficient (Wildman–Crippen LogP) is 2.76. The minimum Gasteiger partial charge on any atom is -0.486 e. The lowest BCUT2D eigenvalue weighted by Gasteiger charge is -2.58. The summed E-state index contributed by atoms with van der Waals surface area (Å²) in [5.74, 6) is 2.27. The first-order valence-corrected chi connectivity index (χ1v) is 13.7. The molecule has 1 aromatic carbocycles. The number of fused-ring (bicyclic) bond motifs is 3. The first-order valence-electron chi connectivity index (χ1n) is 13.7. The van der Waals surface area contributed by atoms with E-state index in [1.807, 2.05) is 42.2 Å². The molecule has 0 radical (unpaired) electrons. The summed E-state index contributed by atoms with van der Waals surface area (Å²) < 4.78 is 6.24. The van der Waals surface area contributed by atoms with Gasteiger partial charge in [0, 0.05) is 30.6 Å². The van der Waals surface area contributed by atoms with Gasteiger partial charge in [-0.25, -0.2) is 0 Å². The first-order chi connectivity index (χ1) is 17.4. The standard InChI is InChI=1S/C29H38N2O5/c1-2-24(33)31(16-29-13-17-9-18(14-29)11-19(10-17)15-29)22-12-21(28(35)30-7-8-32)25-20-5-3-4-6-23(20)36-27(25)26(22)34/h3-6,12,17-19,22,25-27,32,34H,2,7-11,13-16H2,1H3,(H,30,35).